The lowest BCUT2D eigenvalue weighted by molar-refractivity contribution is 0.378. The lowest BCUT2D eigenvalue weighted by Gasteiger charge is -2.14. The molecule has 7 heteroatoms. The molecule has 2 aromatic rings. The van der Waals surface area contributed by atoms with E-state index in [9.17, 15) is 14.7 Å². The van der Waals surface area contributed by atoms with Crippen molar-refractivity contribution in [1.82, 2.24) is 9.13 Å². The average molecular weight is 448 g/mol. The van der Waals surface area contributed by atoms with Crippen LogP contribution in [0.2, 0.25) is 5.02 Å². The number of benzene rings is 1. The van der Waals surface area contributed by atoms with Crippen LogP contribution in [0.15, 0.2) is 32.8 Å². The molecular weight excluding hydrogens is 414 g/mol. The first-order valence-electron chi connectivity index (χ1n) is 11.3. The van der Waals surface area contributed by atoms with Crippen LogP contribution in [0.3, 0.4) is 0 Å². The maximum Gasteiger partial charge on any atom is 0.333 e. The normalized spacial score (nSPS) is 11.5. The lowest BCUT2D eigenvalue weighted by Crippen LogP contribution is -2.41. The highest BCUT2D eigenvalue weighted by Gasteiger charge is 2.17. The number of aliphatic imine (C=N–C) groups is 1. The minimum Gasteiger partial charge on any atom is -0.494 e. The SMILES string of the molecule is CCCCCCCCn1c(O)c(C=Nc2cc(Cl)ccc2C)c(=O)n(CCCC)c1=O. The molecule has 0 radical (unpaired) electrons. The van der Waals surface area contributed by atoms with Crippen LogP contribution in [-0.2, 0) is 13.1 Å². The summed E-state index contributed by atoms with van der Waals surface area (Å²) in [5.41, 5.74) is 0.562. The molecule has 1 aromatic heterocycles. The van der Waals surface area contributed by atoms with Crippen molar-refractivity contribution in [3.05, 3.63) is 55.2 Å². The molecule has 0 bridgehead atoms. The summed E-state index contributed by atoms with van der Waals surface area (Å²) in [6.45, 7) is 6.76. The molecule has 0 fully saturated rings. The Balaban J connectivity index is 2.39. The van der Waals surface area contributed by atoms with Crippen LogP contribution < -0.4 is 11.2 Å². The number of halogens is 1. The summed E-state index contributed by atoms with van der Waals surface area (Å²) in [6, 6.07) is 5.31. The monoisotopic (exact) mass is 447 g/mol. The second kappa shape index (κ2) is 12.5. The van der Waals surface area contributed by atoms with Crippen molar-refractivity contribution in [1.29, 1.82) is 0 Å². The molecule has 0 saturated heterocycles. The van der Waals surface area contributed by atoms with E-state index in [1.807, 2.05) is 19.9 Å². The number of nitrogens with zero attached hydrogens (tertiary/aromatic N) is 3. The van der Waals surface area contributed by atoms with Crippen molar-refractivity contribution in [2.45, 2.75) is 85.2 Å². The van der Waals surface area contributed by atoms with E-state index in [0.29, 0.717) is 30.2 Å². The van der Waals surface area contributed by atoms with E-state index in [-0.39, 0.29) is 11.4 Å². The number of hydrogen-bond acceptors (Lipinski definition) is 4. The van der Waals surface area contributed by atoms with E-state index < -0.39 is 11.2 Å². The standard InChI is InChI=1S/C24H34ClN3O3/c1-4-6-8-9-10-11-15-28-23(30)20(22(29)27(24(28)31)14-7-5-2)17-26-21-16-19(25)13-12-18(21)3/h12-13,16-17,30H,4-11,14-15H2,1-3H3. The Morgan fingerprint density at radius 3 is 2.32 bits per heavy atom. The van der Waals surface area contributed by atoms with Crippen molar-refractivity contribution in [2.75, 3.05) is 0 Å². The number of unbranched alkanes of at least 4 members (excludes halogenated alkanes) is 6. The van der Waals surface area contributed by atoms with Gasteiger partial charge in [-0.3, -0.25) is 18.9 Å². The zero-order valence-electron chi connectivity index (χ0n) is 18.9. The van der Waals surface area contributed by atoms with Crippen LogP contribution in [0.1, 0.15) is 76.3 Å². The predicted octanol–water partition coefficient (Wildman–Crippen LogP) is 5.59. The second-order valence-corrected chi connectivity index (χ2v) is 8.38. The van der Waals surface area contributed by atoms with Gasteiger partial charge in [-0.05, 0) is 37.5 Å². The molecule has 1 heterocycles. The van der Waals surface area contributed by atoms with Gasteiger partial charge in [0.25, 0.3) is 5.56 Å². The third kappa shape index (κ3) is 6.82. The fourth-order valence-corrected chi connectivity index (χ4v) is 3.61. The Labute approximate surface area is 189 Å². The first-order chi connectivity index (χ1) is 14.9. The summed E-state index contributed by atoms with van der Waals surface area (Å²) in [4.78, 5) is 30.3. The van der Waals surface area contributed by atoms with E-state index in [1.165, 1.54) is 34.6 Å². The molecule has 0 atom stereocenters. The Hall–Kier alpha value is -2.34. The van der Waals surface area contributed by atoms with Gasteiger partial charge in [0.1, 0.15) is 5.56 Å². The van der Waals surface area contributed by atoms with Crippen LogP contribution in [0.4, 0.5) is 5.69 Å². The van der Waals surface area contributed by atoms with E-state index >= 15 is 0 Å². The number of rotatable bonds is 12. The molecule has 170 valence electrons. The summed E-state index contributed by atoms with van der Waals surface area (Å²) in [6.07, 6.45) is 9.31. The first kappa shape index (κ1) is 24.9. The van der Waals surface area contributed by atoms with Gasteiger partial charge >= 0.3 is 5.69 Å². The number of hydrogen-bond donors (Lipinski definition) is 1. The van der Waals surface area contributed by atoms with Gasteiger partial charge in [-0.25, -0.2) is 4.79 Å². The summed E-state index contributed by atoms with van der Waals surface area (Å²) in [7, 11) is 0. The summed E-state index contributed by atoms with van der Waals surface area (Å²) >= 11 is 6.06. The molecule has 6 nitrogen and oxygen atoms in total. The van der Waals surface area contributed by atoms with E-state index in [2.05, 4.69) is 11.9 Å². The van der Waals surface area contributed by atoms with Gasteiger partial charge < -0.3 is 5.11 Å². The van der Waals surface area contributed by atoms with Crippen LogP contribution in [0.5, 0.6) is 5.88 Å². The van der Waals surface area contributed by atoms with Crippen LogP contribution in [-0.4, -0.2) is 20.5 Å². The highest BCUT2D eigenvalue weighted by Crippen LogP contribution is 2.23. The Morgan fingerprint density at radius 1 is 0.968 bits per heavy atom. The zero-order valence-corrected chi connectivity index (χ0v) is 19.6. The smallest absolute Gasteiger partial charge is 0.333 e. The molecular formula is C24H34ClN3O3. The molecule has 0 amide bonds. The molecule has 0 aliphatic heterocycles. The van der Waals surface area contributed by atoms with Crippen molar-refractivity contribution in [3.8, 4) is 5.88 Å². The number of aryl methyl sites for hydroxylation is 1. The summed E-state index contributed by atoms with van der Waals surface area (Å²) in [5, 5.41) is 11.3. The third-order valence-electron chi connectivity index (χ3n) is 5.41. The molecule has 1 N–H and O–H groups in total. The zero-order chi connectivity index (χ0) is 22.8. The quantitative estimate of drug-likeness (QED) is 0.340. The van der Waals surface area contributed by atoms with Crippen LogP contribution in [0, 0.1) is 6.92 Å². The largest absolute Gasteiger partial charge is 0.494 e. The molecule has 1 aromatic carbocycles. The topological polar surface area (TPSA) is 76.6 Å². The maximum atomic E-state index is 13.0. The fraction of sp³-hybridized carbons (Fsp3) is 0.542. The molecule has 0 aliphatic carbocycles. The van der Waals surface area contributed by atoms with Crippen LogP contribution >= 0.6 is 11.6 Å². The highest BCUT2D eigenvalue weighted by molar-refractivity contribution is 6.30. The highest BCUT2D eigenvalue weighted by atomic mass is 35.5. The van der Waals surface area contributed by atoms with Gasteiger partial charge in [-0.1, -0.05) is 70.0 Å². The minimum atomic E-state index is -0.515. The van der Waals surface area contributed by atoms with Gasteiger partial charge in [0.15, 0.2) is 0 Å². The lowest BCUT2D eigenvalue weighted by atomic mass is 10.1. The van der Waals surface area contributed by atoms with Gasteiger partial charge in [0.05, 0.1) is 5.69 Å². The van der Waals surface area contributed by atoms with Gasteiger partial charge in [0, 0.05) is 24.3 Å². The third-order valence-corrected chi connectivity index (χ3v) is 5.64. The van der Waals surface area contributed by atoms with E-state index in [0.717, 1.165) is 31.2 Å². The minimum absolute atomic E-state index is 0.0288. The molecule has 0 unspecified atom stereocenters. The van der Waals surface area contributed by atoms with Crippen molar-refractivity contribution < 1.29 is 5.11 Å². The van der Waals surface area contributed by atoms with Crippen molar-refractivity contribution in [3.63, 3.8) is 0 Å². The summed E-state index contributed by atoms with van der Waals surface area (Å²) in [5.74, 6) is -0.320. The Bertz CT molecular complexity index is 1010. The fourth-order valence-electron chi connectivity index (χ4n) is 3.44. The maximum absolute atomic E-state index is 13.0. The van der Waals surface area contributed by atoms with Gasteiger partial charge in [-0.2, -0.15) is 0 Å². The van der Waals surface area contributed by atoms with Crippen molar-refractivity contribution >= 4 is 23.5 Å². The summed E-state index contributed by atoms with van der Waals surface area (Å²) < 4.78 is 2.52. The Morgan fingerprint density at radius 2 is 1.61 bits per heavy atom. The molecule has 0 aliphatic rings. The molecule has 2 rings (SSSR count). The van der Waals surface area contributed by atoms with Gasteiger partial charge in [-0.15, -0.1) is 0 Å². The number of aromatic hydroxyl groups is 1. The Kier molecular flexibility index (Phi) is 10.0. The second-order valence-electron chi connectivity index (χ2n) is 7.94. The van der Waals surface area contributed by atoms with Crippen molar-refractivity contribution in [2.24, 2.45) is 4.99 Å². The van der Waals surface area contributed by atoms with Crippen LogP contribution in [0.25, 0.3) is 0 Å². The van der Waals surface area contributed by atoms with Gasteiger partial charge in [0.2, 0.25) is 5.88 Å². The molecule has 31 heavy (non-hydrogen) atoms. The predicted molar refractivity (Wildman–Crippen MR) is 128 cm³/mol. The van der Waals surface area contributed by atoms with E-state index in [1.54, 1.807) is 12.1 Å². The molecule has 0 saturated carbocycles. The number of aromatic nitrogens is 2. The van der Waals surface area contributed by atoms with E-state index in [4.69, 9.17) is 11.6 Å². The first-order valence-corrected chi connectivity index (χ1v) is 11.6. The average Bonchev–Trinajstić information content (AvgIpc) is 2.74. The molecule has 0 spiro atoms.